The minimum absolute atomic E-state index is 0.0377. The highest BCUT2D eigenvalue weighted by Gasteiger charge is 2.14. The van der Waals surface area contributed by atoms with Gasteiger partial charge in [-0.15, -0.1) is 0 Å². The molecule has 0 aromatic heterocycles. The van der Waals surface area contributed by atoms with Crippen LogP contribution in [0.4, 0.5) is 0 Å². The predicted molar refractivity (Wildman–Crippen MR) is 121 cm³/mol. The van der Waals surface area contributed by atoms with Crippen LogP contribution in [0.25, 0.3) is 0 Å². The summed E-state index contributed by atoms with van der Waals surface area (Å²) in [5, 5.41) is 0. The Balaban J connectivity index is 4.53. The van der Waals surface area contributed by atoms with Crippen LogP contribution in [0, 0.1) is 5.92 Å². The minimum atomic E-state index is -1.06. The molecule has 0 unspecified atom stereocenters. The molecule has 0 saturated carbocycles. The summed E-state index contributed by atoms with van der Waals surface area (Å²) >= 11 is 0. The monoisotopic (exact) mass is 410 g/mol. The first-order valence-electron chi connectivity index (χ1n) is 10.4. The van der Waals surface area contributed by atoms with Gasteiger partial charge in [0.05, 0.1) is 12.7 Å². The van der Waals surface area contributed by atoms with Crippen molar-refractivity contribution >= 4 is 14.0 Å². The molecule has 2 atom stereocenters. The van der Waals surface area contributed by atoms with E-state index >= 15 is 0 Å². The summed E-state index contributed by atoms with van der Waals surface area (Å²) in [6, 6.07) is 1.15. The first-order chi connectivity index (χ1) is 13.0. The smallest absolute Gasteiger partial charge is 0.333 e. The molecule has 0 bridgehead atoms. The van der Waals surface area contributed by atoms with Gasteiger partial charge in [-0.2, -0.15) is 0 Å². The van der Waals surface area contributed by atoms with Crippen LogP contribution in [0.3, 0.4) is 0 Å². The van der Waals surface area contributed by atoms with Gasteiger partial charge in [-0.25, -0.2) is 4.79 Å². The third kappa shape index (κ3) is 13.1. The van der Waals surface area contributed by atoms with E-state index in [1.807, 2.05) is 13.0 Å². The molecular formula is C23H42O4Si. The third-order valence-electron chi connectivity index (χ3n) is 4.38. The Morgan fingerprint density at radius 1 is 1.18 bits per heavy atom. The Hall–Kier alpha value is -1.17. The van der Waals surface area contributed by atoms with Crippen molar-refractivity contribution in [2.45, 2.75) is 79.2 Å². The van der Waals surface area contributed by atoms with Gasteiger partial charge in [-0.1, -0.05) is 57.8 Å². The lowest BCUT2D eigenvalue weighted by molar-refractivity contribution is -0.138. The summed E-state index contributed by atoms with van der Waals surface area (Å²) in [7, 11) is -1.06. The van der Waals surface area contributed by atoms with Crippen LogP contribution in [-0.4, -0.2) is 40.2 Å². The second-order valence-corrected chi connectivity index (χ2v) is 14.3. The zero-order chi connectivity index (χ0) is 21.7. The van der Waals surface area contributed by atoms with Crippen LogP contribution in [-0.2, 0) is 19.0 Å². The van der Waals surface area contributed by atoms with E-state index in [1.54, 1.807) is 6.92 Å². The lowest BCUT2D eigenvalue weighted by Crippen LogP contribution is -2.23. The molecule has 0 aromatic rings. The fourth-order valence-electron chi connectivity index (χ4n) is 2.82. The minimum Gasteiger partial charge on any atom is -0.463 e. The van der Waals surface area contributed by atoms with Gasteiger partial charge in [-0.05, 0) is 51.1 Å². The Kier molecular flexibility index (Phi) is 13.3. The molecule has 0 amide bonds. The molecule has 0 rings (SSSR count). The molecule has 0 saturated heterocycles. The zero-order valence-electron chi connectivity index (χ0n) is 19.4. The van der Waals surface area contributed by atoms with Crippen LogP contribution >= 0.6 is 0 Å². The van der Waals surface area contributed by atoms with Gasteiger partial charge in [0, 0.05) is 20.3 Å². The van der Waals surface area contributed by atoms with Gasteiger partial charge in [-0.3, -0.25) is 0 Å². The molecule has 0 aromatic carbocycles. The lowest BCUT2D eigenvalue weighted by atomic mass is 9.97. The number of esters is 1. The summed E-state index contributed by atoms with van der Waals surface area (Å²) in [6.07, 6.45) is 5.77. The third-order valence-corrected chi connectivity index (χ3v) is 6.08. The van der Waals surface area contributed by atoms with Crippen LogP contribution in [0.15, 0.2) is 35.5 Å². The van der Waals surface area contributed by atoms with E-state index in [0.29, 0.717) is 19.0 Å². The number of hydrogen-bond donors (Lipinski definition) is 0. The van der Waals surface area contributed by atoms with Crippen LogP contribution in [0.2, 0.25) is 25.7 Å². The zero-order valence-corrected chi connectivity index (χ0v) is 20.4. The summed E-state index contributed by atoms with van der Waals surface area (Å²) in [5.74, 6) is -0.0351. The van der Waals surface area contributed by atoms with Crippen LogP contribution in [0.5, 0.6) is 0 Å². The molecule has 0 spiro atoms. The van der Waals surface area contributed by atoms with Crippen molar-refractivity contribution in [2.24, 2.45) is 5.92 Å². The van der Waals surface area contributed by atoms with Gasteiger partial charge >= 0.3 is 5.97 Å². The molecule has 0 aliphatic carbocycles. The molecule has 0 heterocycles. The van der Waals surface area contributed by atoms with Gasteiger partial charge in [0.25, 0.3) is 0 Å². The molecule has 0 aliphatic heterocycles. The summed E-state index contributed by atoms with van der Waals surface area (Å²) in [4.78, 5) is 11.7. The molecule has 0 aliphatic rings. The maximum atomic E-state index is 11.7. The molecule has 0 fully saturated rings. The second-order valence-electron chi connectivity index (χ2n) is 8.70. The van der Waals surface area contributed by atoms with Crippen molar-refractivity contribution in [1.29, 1.82) is 0 Å². The maximum absolute atomic E-state index is 11.7. The second kappa shape index (κ2) is 13.9. The first kappa shape index (κ1) is 26.8. The standard InChI is InChI=1S/C23H42O4Si/c1-10-22(27-17-25-12-13-28(7,8)9)20(5)15-18(3)14-19(4)16-21(6)23(24)26-11-2/h15-16,19,22H,3,10-14,17H2,1-2,4-9H3/b20-15+,21-16+/t19-,22-/m0/s1. The average Bonchev–Trinajstić information content (AvgIpc) is 2.56. The van der Waals surface area contributed by atoms with Crippen molar-refractivity contribution in [3.05, 3.63) is 35.5 Å². The summed E-state index contributed by atoms with van der Waals surface area (Å²) < 4.78 is 16.6. The molecular weight excluding hydrogens is 368 g/mol. The largest absolute Gasteiger partial charge is 0.463 e. The van der Waals surface area contributed by atoms with Crippen molar-refractivity contribution < 1.29 is 19.0 Å². The van der Waals surface area contributed by atoms with Gasteiger partial charge in [0.15, 0.2) is 0 Å². The van der Waals surface area contributed by atoms with Crippen molar-refractivity contribution in [2.75, 3.05) is 20.0 Å². The van der Waals surface area contributed by atoms with E-state index in [-0.39, 0.29) is 18.0 Å². The number of ether oxygens (including phenoxy) is 3. The molecule has 162 valence electrons. The Morgan fingerprint density at radius 3 is 2.36 bits per heavy atom. The Labute approximate surface area is 174 Å². The van der Waals surface area contributed by atoms with E-state index in [2.05, 4.69) is 53.1 Å². The molecule has 4 nitrogen and oxygen atoms in total. The van der Waals surface area contributed by atoms with E-state index in [0.717, 1.165) is 36.6 Å². The van der Waals surface area contributed by atoms with Gasteiger partial charge in [0.2, 0.25) is 0 Å². The fraction of sp³-hybridized carbons (Fsp3) is 0.696. The average molecular weight is 411 g/mol. The quantitative estimate of drug-likeness (QED) is 0.0862. The summed E-state index contributed by atoms with van der Waals surface area (Å²) in [5.41, 5.74) is 2.83. The number of allylic oxidation sites excluding steroid dienone is 3. The van der Waals surface area contributed by atoms with Gasteiger partial charge in [0.1, 0.15) is 6.79 Å². The van der Waals surface area contributed by atoms with Gasteiger partial charge < -0.3 is 14.2 Å². The lowest BCUT2D eigenvalue weighted by Gasteiger charge is -2.19. The SMILES string of the molecule is C=C(/C=C(\C)[C@H](CC)OCOCC[Si](C)(C)C)C[C@H](C)/C=C(\C)C(=O)OCC. The fourth-order valence-corrected chi connectivity index (χ4v) is 3.58. The van der Waals surface area contributed by atoms with E-state index in [1.165, 1.54) is 0 Å². The number of hydrogen-bond acceptors (Lipinski definition) is 4. The highest BCUT2D eigenvalue weighted by Crippen LogP contribution is 2.19. The molecule has 0 radical (unpaired) electrons. The highest BCUT2D eigenvalue weighted by molar-refractivity contribution is 6.76. The van der Waals surface area contributed by atoms with E-state index in [4.69, 9.17) is 14.2 Å². The molecule has 0 N–H and O–H groups in total. The molecule has 5 heteroatoms. The van der Waals surface area contributed by atoms with Crippen molar-refractivity contribution in [3.63, 3.8) is 0 Å². The maximum Gasteiger partial charge on any atom is 0.333 e. The molecule has 28 heavy (non-hydrogen) atoms. The Bertz CT molecular complexity index is 543. The number of rotatable bonds is 14. The van der Waals surface area contributed by atoms with Crippen LogP contribution < -0.4 is 0 Å². The first-order valence-corrected chi connectivity index (χ1v) is 14.1. The Morgan fingerprint density at radius 2 is 1.82 bits per heavy atom. The van der Waals surface area contributed by atoms with E-state index in [9.17, 15) is 4.79 Å². The number of carbonyl (C=O) groups excluding carboxylic acids is 1. The van der Waals surface area contributed by atoms with Crippen LogP contribution in [0.1, 0.15) is 47.5 Å². The van der Waals surface area contributed by atoms with Crippen molar-refractivity contribution in [1.82, 2.24) is 0 Å². The van der Waals surface area contributed by atoms with Crippen molar-refractivity contribution in [3.8, 4) is 0 Å². The topological polar surface area (TPSA) is 44.8 Å². The predicted octanol–water partition coefficient (Wildman–Crippen LogP) is 6.13. The highest BCUT2D eigenvalue weighted by atomic mass is 28.3. The van der Waals surface area contributed by atoms with E-state index < -0.39 is 8.07 Å². The number of carbonyl (C=O) groups is 1. The summed E-state index contributed by atoms with van der Waals surface area (Å²) in [6.45, 7) is 22.6. The normalized spacial score (nSPS) is 15.3.